The zero-order valence-electron chi connectivity index (χ0n) is 25.7. The van der Waals surface area contributed by atoms with Crippen LogP contribution in [0.15, 0.2) is 85.5 Å². The summed E-state index contributed by atoms with van der Waals surface area (Å²) in [5.74, 6) is -0.160. The molecule has 4 heterocycles. The lowest BCUT2D eigenvalue weighted by molar-refractivity contribution is -0.189. The summed E-state index contributed by atoms with van der Waals surface area (Å²) in [6.07, 6.45) is 11.4. The predicted octanol–water partition coefficient (Wildman–Crippen LogP) is 7.38. The Hall–Kier alpha value is -3.37. The van der Waals surface area contributed by atoms with Crippen molar-refractivity contribution in [3.05, 3.63) is 123 Å². The van der Waals surface area contributed by atoms with Gasteiger partial charge in [0.25, 0.3) is 0 Å². The predicted molar refractivity (Wildman–Crippen MR) is 183 cm³/mol. The summed E-state index contributed by atoms with van der Waals surface area (Å²) in [5.41, 5.74) is 4.13. The van der Waals surface area contributed by atoms with Crippen molar-refractivity contribution in [2.75, 3.05) is 32.8 Å². The molecule has 4 aromatic rings. The third-order valence-corrected chi connectivity index (χ3v) is 9.72. The summed E-state index contributed by atoms with van der Waals surface area (Å²) in [6, 6.07) is 19.3. The number of aromatic nitrogens is 2. The van der Waals surface area contributed by atoms with Gasteiger partial charge in [-0.2, -0.15) is 0 Å². The maximum atomic E-state index is 13.0. The van der Waals surface area contributed by atoms with Gasteiger partial charge in [-0.25, -0.2) is 4.98 Å². The molecule has 244 valence electrons. The van der Waals surface area contributed by atoms with E-state index in [-0.39, 0.29) is 18.2 Å². The molecule has 3 aromatic carbocycles. The average Bonchev–Trinajstić information content (AvgIpc) is 3.83. The number of fused-ring (bicyclic) bond motifs is 1. The van der Waals surface area contributed by atoms with Crippen LogP contribution >= 0.6 is 34.8 Å². The number of ether oxygens (including phenoxy) is 3. The third-order valence-electron chi connectivity index (χ3n) is 8.92. The maximum Gasteiger partial charge on any atom is 0.224 e. The second-order valence-corrected chi connectivity index (χ2v) is 13.4. The highest BCUT2D eigenvalue weighted by Gasteiger charge is 2.45. The van der Waals surface area contributed by atoms with Gasteiger partial charge in [0.2, 0.25) is 11.7 Å². The van der Waals surface area contributed by atoms with E-state index in [1.165, 1.54) is 5.56 Å². The molecule has 1 unspecified atom stereocenters. The van der Waals surface area contributed by atoms with Gasteiger partial charge >= 0.3 is 0 Å². The number of benzene rings is 3. The second-order valence-electron chi connectivity index (χ2n) is 12.1. The van der Waals surface area contributed by atoms with Crippen molar-refractivity contribution in [3.63, 3.8) is 0 Å². The van der Waals surface area contributed by atoms with Crippen LogP contribution in [0.1, 0.15) is 41.3 Å². The van der Waals surface area contributed by atoms with Gasteiger partial charge in [-0.3, -0.25) is 9.69 Å². The molecule has 1 aromatic heterocycles. The first-order valence-electron chi connectivity index (χ1n) is 15.8. The van der Waals surface area contributed by atoms with Crippen molar-refractivity contribution < 1.29 is 19.0 Å². The largest absolute Gasteiger partial charge is 0.491 e. The highest BCUT2D eigenvalue weighted by Crippen LogP contribution is 2.41. The quantitative estimate of drug-likeness (QED) is 0.173. The minimum atomic E-state index is -1.12. The molecule has 1 amide bonds. The molecular weight excluding hydrogens is 659 g/mol. The lowest BCUT2D eigenvalue weighted by Crippen LogP contribution is -2.46. The average molecular weight is 694 g/mol. The Kier molecular flexibility index (Phi) is 9.59. The lowest BCUT2D eigenvalue weighted by atomic mass is 9.95. The molecule has 3 atom stereocenters. The van der Waals surface area contributed by atoms with Crippen LogP contribution < -0.4 is 4.74 Å². The first kappa shape index (κ1) is 32.2. The summed E-state index contributed by atoms with van der Waals surface area (Å²) in [5, 5.41) is 1.72. The van der Waals surface area contributed by atoms with Crippen LogP contribution in [0.25, 0.3) is 6.08 Å². The minimum Gasteiger partial charge on any atom is -0.491 e. The van der Waals surface area contributed by atoms with E-state index in [9.17, 15) is 4.79 Å². The third kappa shape index (κ3) is 7.09. The van der Waals surface area contributed by atoms with Gasteiger partial charge in [0, 0.05) is 54.1 Å². The number of rotatable bonds is 10. The van der Waals surface area contributed by atoms with Crippen molar-refractivity contribution >= 4 is 46.8 Å². The Morgan fingerprint density at radius 1 is 1.00 bits per heavy atom. The Labute approximate surface area is 289 Å². The van der Waals surface area contributed by atoms with E-state index < -0.39 is 5.79 Å². The van der Waals surface area contributed by atoms with Crippen LogP contribution in [0.5, 0.6) is 5.75 Å². The molecule has 0 spiro atoms. The zero-order valence-corrected chi connectivity index (χ0v) is 28.0. The molecule has 0 aliphatic carbocycles. The summed E-state index contributed by atoms with van der Waals surface area (Å²) < 4.78 is 21.1. The molecule has 2 fully saturated rings. The number of likely N-dealkylation sites (tertiary alicyclic amines) is 1. The molecule has 7 rings (SSSR count). The number of carbonyl (C=O) groups is 1. The van der Waals surface area contributed by atoms with Gasteiger partial charge in [0.1, 0.15) is 24.6 Å². The first-order valence-corrected chi connectivity index (χ1v) is 16.9. The van der Waals surface area contributed by atoms with Gasteiger partial charge in [0.05, 0.1) is 24.5 Å². The molecule has 0 N–H and O–H groups in total. The number of halogens is 3. The molecule has 3 aliphatic rings. The number of carbonyl (C=O) groups excluding carboxylic acids is 1. The molecule has 0 bridgehead atoms. The van der Waals surface area contributed by atoms with E-state index >= 15 is 0 Å². The number of nitrogens with zero attached hydrogens (tertiary/aromatic N) is 4. The summed E-state index contributed by atoms with van der Waals surface area (Å²) in [4.78, 5) is 21.5. The molecule has 3 aliphatic heterocycles. The summed E-state index contributed by atoms with van der Waals surface area (Å²) in [6.45, 7) is 3.31. The second kappa shape index (κ2) is 14.0. The van der Waals surface area contributed by atoms with Crippen LogP contribution in [-0.4, -0.2) is 64.2 Å². The summed E-state index contributed by atoms with van der Waals surface area (Å²) in [7, 11) is 0. The van der Waals surface area contributed by atoms with Crippen molar-refractivity contribution in [2.24, 2.45) is 0 Å². The molecular formula is C36H35Cl3N4O4. The fourth-order valence-corrected chi connectivity index (χ4v) is 7.35. The molecule has 8 nitrogen and oxygen atoms in total. The van der Waals surface area contributed by atoms with Crippen molar-refractivity contribution in [3.8, 4) is 5.75 Å². The van der Waals surface area contributed by atoms with Crippen LogP contribution in [-0.2, 0) is 33.0 Å². The van der Waals surface area contributed by atoms with Crippen LogP contribution in [0.3, 0.4) is 0 Å². The molecule has 0 saturated carbocycles. The van der Waals surface area contributed by atoms with E-state index in [1.54, 1.807) is 24.7 Å². The van der Waals surface area contributed by atoms with Crippen LogP contribution in [0, 0.1) is 0 Å². The standard InChI is InChI=1S/C36H35Cl3N4O4/c37-27-7-5-25(6-8-27)3-1-15-42-17-13-26-19-29(10-11-31(26)35(42)43-16-2-4-34(43)44)45-21-30-22-46-36(47-30,23-41-18-14-40-24-41)32-12-9-28(38)20-33(32)39/h1,3,5-12,14,18-20,24,30,35H,2,4,13,15-17,21-23H2/t30-,35?,36-/m1/s1. The topological polar surface area (TPSA) is 69.1 Å². The van der Waals surface area contributed by atoms with E-state index in [2.05, 4.69) is 34.2 Å². The molecule has 0 radical (unpaired) electrons. The van der Waals surface area contributed by atoms with Gasteiger partial charge in [0.15, 0.2) is 0 Å². The van der Waals surface area contributed by atoms with Crippen molar-refractivity contribution in [1.29, 1.82) is 0 Å². The monoisotopic (exact) mass is 692 g/mol. The summed E-state index contributed by atoms with van der Waals surface area (Å²) >= 11 is 18.9. The Bertz CT molecular complexity index is 1750. The molecule has 11 heteroatoms. The van der Waals surface area contributed by atoms with Gasteiger partial charge in [-0.1, -0.05) is 71.2 Å². The normalized spacial score (nSPS) is 23.1. The van der Waals surface area contributed by atoms with Crippen LogP contribution in [0.4, 0.5) is 0 Å². The fourth-order valence-electron chi connectivity index (χ4n) is 6.67. The Morgan fingerprint density at radius 2 is 1.85 bits per heavy atom. The van der Waals surface area contributed by atoms with E-state index in [0.29, 0.717) is 41.8 Å². The highest BCUT2D eigenvalue weighted by atomic mass is 35.5. The van der Waals surface area contributed by atoms with E-state index in [1.807, 2.05) is 52.1 Å². The lowest BCUT2D eigenvalue weighted by Gasteiger charge is -2.42. The van der Waals surface area contributed by atoms with E-state index in [4.69, 9.17) is 49.0 Å². The minimum absolute atomic E-state index is 0.114. The van der Waals surface area contributed by atoms with Crippen molar-refractivity contribution in [1.82, 2.24) is 19.4 Å². The van der Waals surface area contributed by atoms with Crippen molar-refractivity contribution in [2.45, 2.75) is 43.9 Å². The fraction of sp³-hybridized carbons (Fsp3) is 0.333. The zero-order chi connectivity index (χ0) is 32.4. The van der Waals surface area contributed by atoms with E-state index in [0.717, 1.165) is 54.4 Å². The highest BCUT2D eigenvalue weighted by molar-refractivity contribution is 6.35. The Balaban J connectivity index is 1.05. The van der Waals surface area contributed by atoms with Crippen LogP contribution in [0.2, 0.25) is 15.1 Å². The number of hydrogen-bond acceptors (Lipinski definition) is 6. The molecule has 47 heavy (non-hydrogen) atoms. The number of hydrogen-bond donors (Lipinski definition) is 0. The number of imidazole rings is 1. The smallest absolute Gasteiger partial charge is 0.224 e. The first-order chi connectivity index (χ1) is 22.9. The van der Waals surface area contributed by atoms with Gasteiger partial charge in [-0.05, 0) is 65.9 Å². The Morgan fingerprint density at radius 3 is 2.62 bits per heavy atom. The van der Waals surface area contributed by atoms with Gasteiger partial charge < -0.3 is 23.7 Å². The molecule has 2 saturated heterocycles. The maximum absolute atomic E-state index is 13.0. The number of amides is 1. The SMILES string of the molecule is O=C1CCCN1C1c2ccc(OC[C@@H]3CO[C@@](Cn4ccnc4)(c4ccc(Cl)cc4Cl)O3)cc2CCN1CC=Cc1ccc(Cl)cc1. The van der Waals surface area contributed by atoms with Gasteiger partial charge in [-0.15, -0.1) is 0 Å².